The van der Waals surface area contributed by atoms with Crippen molar-refractivity contribution < 1.29 is 0 Å². The molecule has 1 aliphatic heterocycles. The zero-order valence-electron chi connectivity index (χ0n) is 11.2. The van der Waals surface area contributed by atoms with E-state index in [2.05, 4.69) is 70.3 Å². The summed E-state index contributed by atoms with van der Waals surface area (Å²) in [6.45, 7) is 1.04. The first-order valence-electron chi connectivity index (χ1n) is 7.06. The van der Waals surface area contributed by atoms with Crippen LogP contribution in [-0.4, -0.2) is 9.55 Å². The fourth-order valence-electron chi connectivity index (χ4n) is 3.16. The molecule has 1 atom stereocenters. The molecule has 0 saturated heterocycles. The average molecular weight is 260 g/mol. The maximum absolute atomic E-state index is 4.44. The number of hydrogen-bond acceptors (Lipinski definition) is 1. The van der Waals surface area contributed by atoms with Crippen LogP contribution >= 0.6 is 0 Å². The molecular weight excluding hydrogens is 244 g/mol. The van der Waals surface area contributed by atoms with Crippen molar-refractivity contribution in [2.45, 2.75) is 18.9 Å². The van der Waals surface area contributed by atoms with Crippen molar-refractivity contribution in [2.75, 3.05) is 0 Å². The molecular formula is C18H16N2. The molecule has 2 aromatic carbocycles. The van der Waals surface area contributed by atoms with Crippen LogP contribution in [0, 0.1) is 0 Å². The summed E-state index contributed by atoms with van der Waals surface area (Å²) in [5.74, 6) is 1.74. The van der Waals surface area contributed by atoms with Crippen molar-refractivity contribution in [3.63, 3.8) is 0 Å². The van der Waals surface area contributed by atoms with Crippen LogP contribution in [0.15, 0.2) is 67.0 Å². The summed E-state index contributed by atoms with van der Waals surface area (Å²) in [6, 6.07) is 19.4. The first-order valence-corrected chi connectivity index (χ1v) is 7.06. The first-order chi connectivity index (χ1) is 9.92. The van der Waals surface area contributed by atoms with Crippen LogP contribution in [0.4, 0.5) is 0 Å². The normalized spacial score (nSPS) is 17.1. The molecule has 2 heterocycles. The van der Waals surface area contributed by atoms with Crippen molar-refractivity contribution >= 4 is 0 Å². The number of hydrogen-bond donors (Lipinski definition) is 0. The van der Waals surface area contributed by atoms with E-state index < -0.39 is 0 Å². The molecule has 0 fully saturated rings. The van der Waals surface area contributed by atoms with Gasteiger partial charge in [0.25, 0.3) is 0 Å². The number of imidazole rings is 1. The van der Waals surface area contributed by atoms with Gasteiger partial charge in [-0.3, -0.25) is 0 Å². The van der Waals surface area contributed by atoms with Gasteiger partial charge in [-0.05, 0) is 16.7 Å². The minimum absolute atomic E-state index is 0.537. The molecule has 0 radical (unpaired) electrons. The average Bonchev–Trinajstić information content (AvgIpc) is 3.09. The van der Waals surface area contributed by atoms with Crippen LogP contribution in [0.3, 0.4) is 0 Å². The Kier molecular flexibility index (Phi) is 2.66. The smallest absolute Gasteiger partial charge is 0.109 e. The molecule has 0 unspecified atom stereocenters. The number of aromatic nitrogens is 2. The minimum atomic E-state index is 0.537. The van der Waals surface area contributed by atoms with Crippen LogP contribution in [0.5, 0.6) is 0 Å². The minimum Gasteiger partial charge on any atom is -0.334 e. The largest absolute Gasteiger partial charge is 0.334 e. The van der Waals surface area contributed by atoms with E-state index in [1.807, 2.05) is 6.20 Å². The van der Waals surface area contributed by atoms with E-state index >= 15 is 0 Å². The van der Waals surface area contributed by atoms with Gasteiger partial charge < -0.3 is 4.57 Å². The van der Waals surface area contributed by atoms with Gasteiger partial charge in [0, 0.05) is 31.3 Å². The van der Waals surface area contributed by atoms with E-state index in [0.29, 0.717) is 5.92 Å². The number of nitrogens with zero attached hydrogens (tertiary/aromatic N) is 2. The Hall–Kier alpha value is -2.35. The van der Waals surface area contributed by atoms with E-state index in [1.54, 1.807) is 0 Å². The van der Waals surface area contributed by atoms with E-state index in [4.69, 9.17) is 0 Å². The zero-order chi connectivity index (χ0) is 13.4. The molecule has 4 rings (SSSR count). The molecule has 3 aromatic rings. The van der Waals surface area contributed by atoms with Crippen LogP contribution in [-0.2, 0) is 13.0 Å². The Morgan fingerprint density at radius 2 is 1.75 bits per heavy atom. The van der Waals surface area contributed by atoms with Gasteiger partial charge in [0.05, 0.1) is 0 Å². The molecule has 2 nitrogen and oxygen atoms in total. The Morgan fingerprint density at radius 3 is 2.60 bits per heavy atom. The van der Waals surface area contributed by atoms with Gasteiger partial charge in [0.15, 0.2) is 0 Å². The highest BCUT2D eigenvalue weighted by Gasteiger charge is 2.25. The van der Waals surface area contributed by atoms with Crippen molar-refractivity contribution in [1.29, 1.82) is 0 Å². The summed E-state index contributed by atoms with van der Waals surface area (Å²) in [4.78, 5) is 4.44. The predicted molar refractivity (Wildman–Crippen MR) is 80.6 cm³/mol. The molecule has 98 valence electrons. The Labute approximate surface area is 118 Å². The second-order valence-electron chi connectivity index (χ2n) is 5.35. The van der Waals surface area contributed by atoms with Gasteiger partial charge in [0.1, 0.15) is 5.82 Å². The lowest BCUT2D eigenvalue weighted by Crippen LogP contribution is -2.02. The standard InChI is InChI=1S/C18H16N2/c1-2-6-14(7-3-1)16-8-4-5-9-17(16)15-12-18-19-10-11-20(18)13-15/h1-11,15H,12-13H2/t15-/m1/s1. The molecule has 0 amide bonds. The molecule has 2 heteroatoms. The second-order valence-corrected chi connectivity index (χ2v) is 5.35. The summed E-state index contributed by atoms with van der Waals surface area (Å²) in [6.07, 6.45) is 5.02. The summed E-state index contributed by atoms with van der Waals surface area (Å²) < 4.78 is 2.27. The Balaban J connectivity index is 1.75. The third-order valence-corrected chi connectivity index (χ3v) is 4.13. The van der Waals surface area contributed by atoms with E-state index in [9.17, 15) is 0 Å². The van der Waals surface area contributed by atoms with Gasteiger partial charge in [-0.1, -0.05) is 54.6 Å². The fourth-order valence-corrected chi connectivity index (χ4v) is 3.16. The Morgan fingerprint density at radius 1 is 0.950 bits per heavy atom. The molecule has 1 aromatic heterocycles. The lowest BCUT2D eigenvalue weighted by molar-refractivity contribution is 0.653. The molecule has 1 aliphatic rings. The number of benzene rings is 2. The van der Waals surface area contributed by atoms with Gasteiger partial charge in [-0.2, -0.15) is 0 Å². The lowest BCUT2D eigenvalue weighted by atomic mass is 9.89. The molecule has 0 aliphatic carbocycles. The predicted octanol–water partition coefficient (Wildman–Crippen LogP) is 3.89. The van der Waals surface area contributed by atoms with Gasteiger partial charge in [-0.15, -0.1) is 0 Å². The number of fused-ring (bicyclic) bond motifs is 1. The van der Waals surface area contributed by atoms with Crippen molar-refractivity contribution in [2.24, 2.45) is 0 Å². The Bertz CT molecular complexity index is 707. The molecule has 0 saturated carbocycles. The molecule has 0 bridgehead atoms. The highest BCUT2D eigenvalue weighted by molar-refractivity contribution is 5.68. The molecule has 0 N–H and O–H groups in total. The third-order valence-electron chi connectivity index (χ3n) is 4.13. The lowest BCUT2D eigenvalue weighted by Gasteiger charge is -2.15. The van der Waals surface area contributed by atoms with Crippen molar-refractivity contribution in [3.8, 4) is 11.1 Å². The van der Waals surface area contributed by atoms with E-state index in [0.717, 1.165) is 13.0 Å². The second kappa shape index (κ2) is 4.64. The van der Waals surface area contributed by atoms with Crippen LogP contribution in [0.25, 0.3) is 11.1 Å². The van der Waals surface area contributed by atoms with Gasteiger partial charge in [-0.25, -0.2) is 4.98 Å². The van der Waals surface area contributed by atoms with Gasteiger partial charge in [0.2, 0.25) is 0 Å². The molecule has 20 heavy (non-hydrogen) atoms. The first kappa shape index (κ1) is 11.5. The maximum atomic E-state index is 4.44. The quantitative estimate of drug-likeness (QED) is 0.683. The third kappa shape index (κ3) is 1.85. The SMILES string of the molecule is c1ccc(-c2ccccc2[C@@H]2Cc3nccn3C2)cc1. The fraction of sp³-hybridized carbons (Fsp3) is 0.167. The van der Waals surface area contributed by atoms with E-state index in [-0.39, 0.29) is 0 Å². The zero-order valence-corrected chi connectivity index (χ0v) is 11.2. The van der Waals surface area contributed by atoms with Gasteiger partial charge >= 0.3 is 0 Å². The van der Waals surface area contributed by atoms with Crippen LogP contribution in [0.1, 0.15) is 17.3 Å². The summed E-state index contributed by atoms with van der Waals surface area (Å²) in [7, 11) is 0. The van der Waals surface area contributed by atoms with Crippen LogP contribution < -0.4 is 0 Å². The highest BCUT2D eigenvalue weighted by Crippen LogP contribution is 2.35. The van der Waals surface area contributed by atoms with Crippen molar-refractivity contribution in [1.82, 2.24) is 9.55 Å². The topological polar surface area (TPSA) is 17.8 Å². The highest BCUT2D eigenvalue weighted by atomic mass is 15.1. The monoisotopic (exact) mass is 260 g/mol. The molecule has 0 spiro atoms. The summed E-state index contributed by atoms with van der Waals surface area (Å²) in [5.41, 5.74) is 4.08. The summed E-state index contributed by atoms with van der Waals surface area (Å²) >= 11 is 0. The van der Waals surface area contributed by atoms with Crippen molar-refractivity contribution in [3.05, 3.63) is 78.4 Å². The van der Waals surface area contributed by atoms with E-state index in [1.165, 1.54) is 22.5 Å². The summed E-state index contributed by atoms with van der Waals surface area (Å²) in [5, 5.41) is 0. The van der Waals surface area contributed by atoms with Crippen LogP contribution in [0.2, 0.25) is 0 Å². The number of rotatable bonds is 2. The maximum Gasteiger partial charge on any atom is 0.109 e.